The third-order valence-electron chi connectivity index (χ3n) is 5.54. The first-order valence-corrected chi connectivity index (χ1v) is 10.4. The van der Waals surface area contributed by atoms with Crippen molar-refractivity contribution < 1.29 is 19.1 Å². The molecule has 4 rings (SSSR count). The molecule has 0 saturated carbocycles. The molecule has 0 radical (unpaired) electrons. The van der Waals surface area contributed by atoms with Gasteiger partial charge in [0.25, 0.3) is 0 Å². The summed E-state index contributed by atoms with van der Waals surface area (Å²) in [5, 5.41) is 10.5. The molecule has 1 unspecified atom stereocenters. The average Bonchev–Trinajstić information content (AvgIpc) is 3.32. The van der Waals surface area contributed by atoms with Crippen LogP contribution < -0.4 is 0 Å². The number of hydrogen-bond donors (Lipinski definition) is 1. The second kappa shape index (κ2) is 8.78. The number of carboxylic acids is 1. The zero-order chi connectivity index (χ0) is 22.0. The van der Waals surface area contributed by atoms with Gasteiger partial charge in [0.05, 0.1) is 6.54 Å². The Balaban J connectivity index is 1.63. The molecular weight excluding hydrogens is 392 g/mol. The van der Waals surface area contributed by atoms with Gasteiger partial charge >= 0.3 is 5.97 Å². The van der Waals surface area contributed by atoms with Gasteiger partial charge in [-0.25, -0.2) is 9.78 Å². The van der Waals surface area contributed by atoms with Crippen LogP contribution in [-0.4, -0.2) is 33.3 Å². The van der Waals surface area contributed by atoms with Gasteiger partial charge in [-0.05, 0) is 50.1 Å². The summed E-state index contributed by atoms with van der Waals surface area (Å²) in [5.41, 5.74) is 4.97. The lowest BCUT2D eigenvalue weighted by Gasteiger charge is -2.13. The Hall–Kier alpha value is -3.38. The Morgan fingerprint density at radius 1 is 1.16 bits per heavy atom. The number of fused-ring (bicyclic) bond motifs is 1. The van der Waals surface area contributed by atoms with Crippen LogP contribution in [0.1, 0.15) is 29.5 Å². The highest BCUT2D eigenvalue weighted by Gasteiger charge is 2.20. The lowest BCUT2D eigenvalue weighted by Crippen LogP contribution is -2.26. The standard InChI is InChI=1S/C25H26N2O4/c1-4-30-23(25(28)29)14-18-9-7-11-22-20(18)12-13-27(22)15-21-17(3)31-24(26-21)19-10-6-5-8-16(19)2/h5-13,23H,4,14-15H2,1-3H3,(H,28,29). The summed E-state index contributed by atoms with van der Waals surface area (Å²) in [7, 11) is 0. The van der Waals surface area contributed by atoms with Crippen LogP contribution in [0.4, 0.5) is 0 Å². The maximum Gasteiger partial charge on any atom is 0.333 e. The molecule has 0 aliphatic carbocycles. The summed E-state index contributed by atoms with van der Waals surface area (Å²) in [6.45, 7) is 6.71. The van der Waals surface area contributed by atoms with Crippen LogP contribution in [0.3, 0.4) is 0 Å². The molecule has 6 heteroatoms. The molecule has 1 atom stereocenters. The summed E-state index contributed by atoms with van der Waals surface area (Å²) in [5.74, 6) is 0.475. The van der Waals surface area contributed by atoms with E-state index in [0.717, 1.165) is 39.0 Å². The van der Waals surface area contributed by atoms with Gasteiger partial charge in [-0.1, -0.05) is 30.3 Å². The largest absolute Gasteiger partial charge is 0.479 e. The number of benzene rings is 2. The summed E-state index contributed by atoms with van der Waals surface area (Å²) >= 11 is 0. The van der Waals surface area contributed by atoms with Crippen LogP contribution in [0.5, 0.6) is 0 Å². The van der Waals surface area contributed by atoms with E-state index in [0.29, 0.717) is 25.5 Å². The zero-order valence-corrected chi connectivity index (χ0v) is 18.0. The average molecular weight is 418 g/mol. The van der Waals surface area contributed by atoms with Gasteiger partial charge in [-0.3, -0.25) is 0 Å². The minimum absolute atomic E-state index is 0.324. The van der Waals surface area contributed by atoms with Crippen LogP contribution in [0, 0.1) is 13.8 Å². The minimum atomic E-state index is -0.944. The number of carboxylic acid groups (broad SMARTS) is 1. The predicted octanol–water partition coefficient (Wildman–Crippen LogP) is 4.99. The molecule has 2 aromatic heterocycles. The lowest BCUT2D eigenvalue weighted by atomic mass is 10.0. The van der Waals surface area contributed by atoms with Crippen molar-refractivity contribution in [1.82, 2.24) is 9.55 Å². The monoisotopic (exact) mass is 418 g/mol. The van der Waals surface area contributed by atoms with Crippen molar-refractivity contribution in [2.45, 2.75) is 39.8 Å². The summed E-state index contributed by atoms with van der Waals surface area (Å²) < 4.78 is 13.5. The Labute approximate surface area is 181 Å². The number of nitrogens with zero attached hydrogens (tertiary/aromatic N) is 2. The Kier molecular flexibility index (Phi) is 5.91. The first-order valence-electron chi connectivity index (χ1n) is 10.4. The molecule has 6 nitrogen and oxygen atoms in total. The molecule has 0 bridgehead atoms. The van der Waals surface area contributed by atoms with Gasteiger partial charge in [-0.15, -0.1) is 0 Å². The van der Waals surface area contributed by atoms with Crippen LogP contribution in [-0.2, 0) is 22.5 Å². The maximum absolute atomic E-state index is 11.5. The van der Waals surface area contributed by atoms with Gasteiger partial charge < -0.3 is 18.8 Å². The van der Waals surface area contributed by atoms with Gasteiger partial charge in [-0.2, -0.15) is 0 Å². The van der Waals surface area contributed by atoms with E-state index >= 15 is 0 Å². The third kappa shape index (κ3) is 4.25. The molecule has 0 spiro atoms. The Morgan fingerprint density at radius 3 is 2.71 bits per heavy atom. The first kappa shape index (κ1) is 20.9. The SMILES string of the molecule is CCOC(Cc1cccc2c1ccn2Cc1nc(-c2ccccc2C)oc1C)C(=O)O. The molecular formula is C25H26N2O4. The predicted molar refractivity (Wildman–Crippen MR) is 119 cm³/mol. The highest BCUT2D eigenvalue weighted by molar-refractivity contribution is 5.85. The number of aryl methyl sites for hydroxylation is 2. The number of aromatic nitrogens is 2. The molecule has 2 heterocycles. The smallest absolute Gasteiger partial charge is 0.333 e. The van der Waals surface area contributed by atoms with Crippen molar-refractivity contribution >= 4 is 16.9 Å². The molecule has 0 fully saturated rings. The van der Waals surface area contributed by atoms with Crippen molar-refractivity contribution in [3.8, 4) is 11.5 Å². The molecule has 2 aromatic carbocycles. The molecule has 1 N–H and O–H groups in total. The maximum atomic E-state index is 11.5. The fraction of sp³-hybridized carbons (Fsp3) is 0.280. The normalized spacial score (nSPS) is 12.4. The molecule has 0 amide bonds. The van der Waals surface area contributed by atoms with E-state index in [9.17, 15) is 9.90 Å². The molecule has 0 aliphatic heterocycles. The topological polar surface area (TPSA) is 77.5 Å². The lowest BCUT2D eigenvalue weighted by molar-refractivity contribution is -0.149. The summed E-state index contributed by atoms with van der Waals surface area (Å²) in [6.07, 6.45) is 1.48. The highest BCUT2D eigenvalue weighted by Crippen LogP contribution is 2.27. The third-order valence-corrected chi connectivity index (χ3v) is 5.54. The van der Waals surface area contributed by atoms with E-state index in [-0.39, 0.29) is 0 Å². The fourth-order valence-corrected chi connectivity index (χ4v) is 3.89. The van der Waals surface area contributed by atoms with Crippen molar-refractivity contribution in [2.75, 3.05) is 6.61 Å². The first-order chi connectivity index (χ1) is 15.0. The van der Waals surface area contributed by atoms with E-state index in [1.807, 2.05) is 68.6 Å². The highest BCUT2D eigenvalue weighted by atomic mass is 16.5. The van der Waals surface area contributed by atoms with E-state index in [1.54, 1.807) is 6.92 Å². The second-order valence-corrected chi connectivity index (χ2v) is 7.62. The van der Waals surface area contributed by atoms with E-state index in [1.165, 1.54) is 0 Å². The summed E-state index contributed by atoms with van der Waals surface area (Å²) in [6, 6.07) is 16.0. The Morgan fingerprint density at radius 2 is 1.97 bits per heavy atom. The molecule has 160 valence electrons. The summed E-state index contributed by atoms with van der Waals surface area (Å²) in [4.78, 5) is 16.3. The van der Waals surface area contributed by atoms with E-state index in [4.69, 9.17) is 14.1 Å². The van der Waals surface area contributed by atoms with Crippen molar-refractivity contribution in [1.29, 1.82) is 0 Å². The van der Waals surface area contributed by atoms with Gasteiger partial charge in [0, 0.05) is 35.7 Å². The number of aliphatic carboxylic acids is 1. The van der Waals surface area contributed by atoms with Crippen molar-refractivity contribution in [2.24, 2.45) is 0 Å². The van der Waals surface area contributed by atoms with Crippen LogP contribution in [0.25, 0.3) is 22.4 Å². The van der Waals surface area contributed by atoms with Crippen molar-refractivity contribution in [3.05, 3.63) is 77.3 Å². The van der Waals surface area contributed by atoms with Crippen molar-refractivity contribution in [3.63, 3.8) is 0 Å². The van der Waals surface area contributed by atoms with Gasteiger partial charge in [0.1, 0.15) is 11.5 Å². The van der Waals surface area contributed by atoms with E-state index < -0.39 is 12.1 Å². The Bertz CT molecular complexity index is 1220. The number of oxazole rings is 1. The molecule has 0 aliphatic rings. The quantitative estimate of drug-likeness (QED) is 0.436. The van der Waals surface area contributed by atoms with E-state index in [2.05, 4.69) is 4.57 Å². The van der Waals surface area contributed by atoms with Gasteiger partial charge in [0.15, 0.2) is 6.10 Å². The van der Waals surface area contributed by atoms with Crippen LogP contribution in [0.2, 0.25) is 0 Å². The number of carbonyl (C=O) groups is 1. The minimum Gasteiger partial charge on any atom is -0.479 e. The molecule has 4 aromatic rings. The van der Waals surface area contributed by atoms with Crippen LogP contribution >= 0.6 is 0 Å². The van der Waals surface area contributed by atoms with Crippen LogP contribution in [0.15, 0.2) is 59.1 Å². The molecule has 0 saturated heterocycles. The van der Waals surface area contributed by atoms with Gasteiger partial charge in [0.2, 0.25) is 5.89 Å². The second-order valence-electron chi connectivity index (χ2n) is 7.62. The number of rotatable bonds is 8. The zero-order valence-electron chi connectivity index (χ0n) is 18.0. The molecule has 31 heavy (non-hydrogen) atoms. The number of ether oxygens (including phenoxy) is 1. The fourth-order valence-electron chi connectivity index (χ4n) is 3.89. The number of hydrogen-bond acceptors (Lipinski definition) is 4.